The quantitative estimate of drug-likeness (QED) is 0.346. The van der Waals surface area contributed by atoms with Crippen molar-refractivity contribution >= 4 is 12.1 Å². The highest BCUT2D eigenvalue weighted by Crippen LogP contribution is 2.41. The maximum absolute atomic E-state index is 14.1. The summed E-state index contributed by atoms with van der Waals surface area (Å²) in [5, 5.41) is 6.91. The van der Waals surface area contributed by atoms with Crippen LogP contribution in [0.2, 0.25) is 0 Å². The van der Waals surface area contributed by atoms with Gasteiger partial charge in [0, 0.05) is 54.9 Å². The monoisotopic (exact) mass is 448 g/mol. The molecule has 168 valence electrons. The molecule has 1 aromatic carbocycles. The van der Waals surface area contributed by atoms with E-state index in [2.05, 4.69) is 21.8 Å². The van der Waals surface area contributed by atoms with Crippen molar-refractivity contribution in [3.05, 3.63) is 60.1 Å². The summed E-state index contributed by atoms with van der Waals surface area (Å²) in [5.41, 5.74) is 1.41. The number of alkyl halides is 4. The van der Waals surface area contributed by atoms with Gasteiger partial charge >= 0.3 is 6.43 Å². The van der Waals surface area contributed by atoms with Gasteiger partial charge in [0.25, 0.3) is 11.8 Å². The number of hydrogen-bond acceptors (Lipinski definition) is 5. The first kappa shape index (κ1) is 21.9. The third kappa shape index (κ3) is 4.35. The van der Waals surface area contributed by atoms with Crippen molar-refractivity contribution in [1.82, 2.24) is 15.1 Å². The first-order chi connectivity index (χ1) is 15.3. The topological polar surface area (TPSA) is 71.6 Å². The van der Waals surface area contributed by atoms with Crippen molar-refractivity contribution in [2.45, 2.75) is 44.2 Å². The maximum Gasteiger partial charge on any atom is 0.314 e. The summed E-state index contributed by atoms with van der Waals surface area (Å²) in [7, 11) is 0. The predicted octanol–water partition coefficient (Wildman–Crippen LogP) is 5.20. The number of amides is 1. The molecule has 1 amide bonds. The van der Waals surface area contributed by atoms with E-state index in [1.54, 1.807) is 23.1 Å². The van der Waals surface area contributed by atoms with Gasteiger partial charge in [0.15, 0.2) is 0 Å². The first-order valence-corrected chi connectivity index (χ1v) is 10.0. The van der Waals surface area contributed by atoms with Crippen molar-refractivity contribution in [2.24, 2.45) is 10.9 Å². The summed E-state index contributed by atoms with van der Waals surface area (Å²) >= 11 is 0. The molecule has 0 spiro atoms. The third-order valence-electron chi connectivity index (χ3n) is 5.64. The van der Waals surface area contributed by atoms with Gasteiger partial charge in [-0.25, -0.2) is 8.78 Å². The van der Waals surface area contributed by atoms with Crippen molar-refractivity contribution < 1.29 is 26.8 Å². The van der Waals surface area contributed by atoms with E-state index in [1.165, 1.54) is 24.6 Å². The predicted molar refractivity (Wildman–Crippen MR) is 108 cm³/mol. The molecule has 10 heteroatoms. The highest BCUT2D eigenvalue weighted by atomic mass is 19.3. The van der Waals surface area contributed by atoms with Crippen LogP contribution in [0.1, 0.15) is 47.5 Å². The van der Waals surface area contributed by atoms with Crippen LogP contribution in [0.25, 0.3) is 11.5 Å². The zero-order chi connectivity index (χ0) is 22.9. The van der Waals surface area contributed by atoms with Gasteiger partial charge in [-0.1, -0.05) is 18.7 Å². The number of carbonyl (C=O) groups excluding carboxylic acids is 1. The van der Waals surface area contributed by atoms with Gasteiger partial charge in [0.05, 0.1) is 0 Å². The van der Waals surface area contributed by atoms with Crippen molar-refractivity contribution in [1.29, 1.82) is 0 Å². The number of halogens is 4. The molecular weight excluding hydrogens is 428 g/mol. The lowest BCUT2D eigenvalue weighted by Gasteiger charge is -2.39. The Hall–Kier alpha value is -3.30. The summed E-state index contributed by atoms with van der Waals surface area (Å²) in [5.74, 6) is -4.67. The Morgan fingerprint density at radius 3 is 2.84 bits per heavy atom. The molecule has 1 aromatic heterocycles. The molecule has 4 rings (SSSR count). The van der Waals surface area contributed by atoms with Gasteiger partial charge < -0.3 is 9.32 Å². The number of fused-ring (bicyclic) bond motifs is 1. The standard InChI is InChI=1S/C22H20F4N4O2/c1-2-3-8-27-11-15-10-22(25,26)7-6-17(15)30-12-14-5-4-13(9-16(14)21(30)31)19-28-29-20(32-19)18(23)24/h2-5,8-9,11,15,17-18H,1,6-7,10,12H2/b8-3-,27-11?/t15-,17+/m0/s1. The zero-order valence-corrected chi connectivity index (χ0v) is 16.9. The van der Waals surface area contributed by atoms with Crippen LogP contribution in [0.15, 0.2) is 52.5 Å². The molecule has 0 radical (unpaired) electrons. The van der Waals surface area contributed by atoms with Crippen LogP contribution in [0.3, 0.4) is 0 Å². The Morgan fingerprint density at radius 1 is 1.31 bits per heavy atom. The summed E-state index contributed by atoms with van der Waals surface area (Å²) in [4.78, 5) is 18.8. The Labute approximate surface area is 181 Å². The number of hydrogen-bond donors (Lipinski definition) is 0. The number of nitrogens with zero attached hydrogens (tertiary/aromatic N) is 4. The Balaban J connectivity index is 1.58. The molecule has 6 nitrogen and oxygen atoms in total. The normalized spacial score (nSPS) is 22.9. The fourth-order valence-corrected chi connectivity index (χ4v) is 4.13. The SMILES string of the molecule is C=C/C=C\N=C[C@@H]1CC(F)(F)CC[C@H]1N1Cc2ccc(-c3nnc(C(F)F)o3)cc2C1=O. The smallest absolute Gasteiger partial charge is 0.314 e. The van der Waals surface area contributed by atoms with Gasteiger partial charge in [0.1, 0.15) is 0 Å². The molecule has 1 fully saturated rings. The molecule has 0 saturated heterocycles. The number of aliphatic imine (C=N–C) groups is 1. The van der Waals surface area contributed by atoms with E-state index in [9.17, 15) is 22.4 Å². The van der Waals surface area contributed by atoms with E-state index in [0.717, 1.165) is 0 Å². The van der Waals surface area contributed by atoms with E-state index in [0.29, 0.717) is 16.7 Å². The van der Waals surface area contributed by atoms with Gasteiger partial charge in [0.2, 0.25) is 11.8 Å². The van der Waals surface area contributed by atoms with Crippen LogP contribution in [-0.2, 0) is 6.54 Å². The van der Waals surface area contributed by atoms with Crippen LogP contribution in [0.5, 0.6) is 0 Å². The number of benzene rings is 1. The highest BCUT2D eigenvalue weighted by Gasteiger charge is 2.45. The third-order valence-corrected chi connectivity index (χ3v) is 5.64. The number of rotatable bonds is 6. The molecule has 0 N–H and O–H groups in total. The number of carbonyl (C=O) groups is 1. The minimum atomic E-state index is -2.90. The second-order valence-electron chi connectivity index (χ2n) is 7.76. The number of allylic oxidation sites excluding steroid dienone is 2. The molecule has 2 aliphatic rings. The molecule has 2 atom stereocenters. The van der Waals surface area contributed by atoms with Crippen LogP contribution in [-0.4, -0.2) is 39.2 Å². The van der Waals surface area contributed by atoms with Crippen LogP contribution >= 0.6 is 0 Å². The fourth-order valence-electron chi connectivity index (χ4n) is 4.13. The van der Waals surface area contributed by atoms with Crippen molar-refractivity contribution in [3.8, 4) is 11.5 Å². The molecule has 1 aliphatic carbocycles. The average molecular weight is 448 g/mol. The first-order valence-electron chi connectivity index (χ1n) is 10.0. The van der Waals surface area contributed by atoms with Gasteiger partial charge in [-0.05, 0) is 30.2 Å². The van der Waals surface area contributed by atoms with Crippen LogP contribution < -0.4 is 0 Å². The molecule has 1 aliphatic heterocycles. The molecule has 32 heavy (non-hydrogen) atoms. The number of aromatic nitrogens is 2. The lowest BCUT2D eigenvalue weighted by Crippen LogP contribution is -2.47. The summed E-state index contributed by atoms with van der Waals surface area (Å²) in [6.45, 7) is 3.80. The van der Waals surface area contributed by atoms with Gasteiger partial charge in [-0.15, -0.1) is 10.2 Å². The molecule has 2 heterocycles. The van der Waals surface area contributed by atoms with E-state index < -0.39 is 36.6 Å². The van der Waals surface area contributed by atoms with E-state index in [-0.39, 0.29) is 31.2 Å². The van der Waals surface area contributed by atoms with E-state index >= 15 is 0 Å². The summed E-state index contributed by atoms with van der Waals surface area (Å²) in [6.07, 6.45) is 2.57. The van der Waals surface area contributed by atoms with E-state index in [4.69, 9.17) is 4.42 Å². The van der Waals surface area contributed by atoms with Crippen LogP contribution in [0.4, 0.5) is 17.6 Å². The Bertz CT molecular complexity index is 1080. The highest BCUT2D eigenvalue weighted by molar-refractivity contribution is 5.99. The lowest BCUT2D eigenvalue weighted by molar-refractivity contribution is -0.0620. The van der Waals surface area contributed by atoms with Crippen LogP contribution in [0, 0.1) is 5.92 Å². The van der Waals surface area contributed by atoms with Gasteiger partial charge in [-0.2, -0.15) is 8.78 Å². The second kappa shape index (κ2) is 8.68. The molecule has 2 aromatic rings. The largest absolute Gasteiger partial charge is 0.415 e. The van der Waals surface area contributed by atoms with Gasteiger partial charge in [-0.3, -0.25) is 9.79 Å². The molecule has 1 saturated carbocycles. The second-order valence-corrected chi connectivity index (χ2v) is 7.76. The van der Waals surface area contributed by atoms with Crippen molar-refractivity contribution in [2.75, 3.05) is 0 Å². The summed E-state index contributed by atoms with van der Waals surface area (Å²) in [6, 6.07) is 4.36. The lowest BCUT2D eigenvalue weighted by atomic mass is 9.82. The fraction of sp³-hybridized carbons (Fsp3) is 0.364. The summed E-state index contributed by atoms with van der Waals surface area (Å²) < 4.78 is 58.6. The maximum atomic E-state index is 14.1. The Kier molecular flexibility index (Phi) is 5.94. The molecule has 0 bridgehead atoms. The minimum Gasteiger partial charge on any atom is -0.415 e. The molecular formula is C22H20F4N4O2. The molecule has 0 unspecified atom stereocenters. The van der Waals surface area contributed by atoms with E-state index in [1.807, 2.05) is 0 Å². The zero-order valence-electron chi connectivity index (χ0n) is 16.9. The average Bonchev–Trinajstić information content (AvgIpc) is 3.36. The van der Waals surface area contributed by atoms with Crippen molar-refractivity contribution in [3.63, 3.8) is 0 Å². The Morgan fingerprint density at radius 2 is 2.12 bits per heavy atom. The minimum absolute atomic E-state index is 0.120.